The number of benzene rings is 1. The Labute approximate surface area is 86.1 Å². The van der Waals surface area contributed by atoms with Crippen molar-refractivity contribution in [3.63, 3.8) is 0 Å². The summed E-state index contributed by atoms with van der Waals surface area (Å²) in [6.07, 6.45) is 0. The van der Waals surface area contributed by atoms with E-state index in [1.165, 1.54) is 0 Å². The average Bonchev–Trinajstić information content (AvgIpc) is 2.50. The highest BCUT2D eigenvalue weighted by Gasteiger charge is 2.02. The van der Waals surface area contributed by atoms with Gasteiger partial charge in [0.15, 0.2) is 0 Å². The molecule has 0 aliphatic carbocycles. The van der Waals surface area contributed by atoms with Crippen molar-refractivity contribution >= 4 is 28.4 Å². The molecule has 0 unspecified atom stereocenters. The lowest BCUT2D eigenvalue weighted by Gasteiger charge is -2.01. The summed E-state index contributed by atoms with van der Waals surface area (Å²) in [6, 6.07) is 7.43. The van der Waals surface area contributed by atoms with Crippen LogP contribution in [0.15, 0.2) is 29.6 Å². The minimum absolute atomic E-state index is 0.673. The third-order valence-electron chi connectivity index (χ3n) is 1.88. The smallest absolute Gasteiger partial charge is 0.0429 e. The Balaban J connectivity index is 2.51. The van der Waals surface area contributed by atoms with Crippen molar-refractivity contribution < 1.29 is 0 Å². The number of nitrogens with two attached hydrogens (primary N) is 3. The maximum atomic E-state index is 5.70. The van der Waals surface area contributed by atoms with Gasteiger partial charge in [0.2, 0.25) is 0 Å². The third kappa shape index (κ3) is 1.65. The van der Waals surface area contributed by atoms with Crippen molar-refractivity contribution in [1.82, 2.24) is 0 Å². The normalized spacial score (nSPS) is 10.3. The predicted molar refractivity (Wildman–Crippen MR) is 63.0 cm³/mol. The van der Waals surface area contributed by atoms with Gasteiger partial charge in [-0.05, 0) is 29.8 Å². The number of hydrogen-bond acceptors (Lipinski definition) is 4. The van der Waals surface area contributed by atoms with Gasteiger partial charge >= 0.3 is 0 Å². The Bertz CT molecular complexity index is 442. The molecule has 0 bridgehead atoms. The van der Waals surface area contributed by atoms with E-state index in [4.69, 9.17) is 17.2 Å². The number of rotatable bonds is 1. The minimum atomic E-state index is 0.673. The number of hydrogen-bond donors (Lipinski definition) is 3. The van der Waals surface area contributed by atoms with Gasteiger partial charge in [-0.2, -0.15) is 0 Å². The first kappa shape index (κ1) is 8.90. The molecule has 0 saturated carbocycles. The molecule has 1 aromatic carbocycles. The van der Waals surface area contributed by atoms with Crippen LogP contribution in [-0.2, 0) is 0 Å². The molecule has 1 aromatic heterocycles. The van der Waals surface area contributed by atoms with Gasteiger partial charge in [0.25, 0.3) is 0 Å². The van der Waals surface area contributed by atoms with Crippen molar-refractivity contribution in [2.75, 3.05) is 17.2 Å². The van der Waals surface area contributed by atoms with E-state index < -0.39 is 0 Å². The molecular weight excluding hydrogens is 194 g/mol. The van der Waals surface area contributed by atoms with Gasteiger partial charge in [0, 0.05) is 27.3 Å². The van der Waals surface area contributed by atoms with Gasteiger partial charge < -0.3 is 17.2 Å². The van der Waals surface area contributed by atoms with E-state index in [1.54, 1.807) is 17.4 Å². The van der Waals surface area contributed by atoms with E-state index in [1.807, 2.05) is 23.6 Å². The average molecular weight is 205 g/mol. The van der Waals surface area contributed by atoms with Gasteiger partial charge in [0.1, 0.15) is 0 Å². The van der Waals surface area contributed by atoms with Gasteiger partial charge in [0.05, 0.1) is 0 Å². The van der Waals surface area contributed by atoms with E-state index >= 15 is 0 Å². The molecule has 0 amide bonds. The summed E-state index contributed by atoms with van der Waals surface area (Å²) >= 11 is 1.58. The maximum Gasteiger partial charge on any atom is 0.0429 e. The summed E-state index contributed by atoms with van der Waals surface area (Å²) in [5.74, 6) is 0. The van der Waals surface area contributed by atoms with E-state index in [9.17, 15) is 0 Å². The van der Waals surface area contributed by atoms with E-state index in [0.29, 0.717) is 11.4 Å². The molecule has 0 aliphatic rings. The fraction of sp³-hybridized carbons (Fsp3) is 0. The molecule has 0 atom stereocenters. The third-order valence-corrected chi connectivity index (χ3v) is 2.88. The van der Waals surface area contributed by atoms with Crippen molar-refractivity contribution in [3.8, 4) is 10.4 Å². The Morgan fingerprint density at radius 2 is 1.43 bits per heavy atom. The Morgan fingerprint density at radius 3 is 1.93 bits per heavy atom. The number of thiophene rings is 1. The molecule has 1 heterocycles. The quantitative estimate of drug-likeness (QED) is 0.624. The van der Waals surface area contributed by atoms with Crippen molar-refractivity contribution in [1.29, 1.82) is 0 Å². The highest BCUT2D eigenvalue weighted by molar-refractivity contribution is 7.14. The lowest BCUT2D eigenvalue weighted by molar-refractivity contribution is 1.66. The molecule has 0 aliphatic heterocycles. The Morgan fingerprint density at radius 1 is 0.786 bits per heavy atom. The van der Waals surface area contributed by atoms with Crippen LogP contribution in [0.2, 0.25) is 0 Å². The standard InChI is InChI=1S/C10H11N3S/c11-7-1-6(2-8(12)3-7)10-4-9(13)5-14-10/h1-5H,11-13H2. The summed E-state index contributed by atoms with van der Waals surface area (Å²) in [4.78, 5) is 1.08. The molecule has 2 aromatic rings. The Hall–Kier alpha value is -1.68. The highest BCUT2D eigenvalue weighted by Crippen LogP contribution is 2.30. The molecule has 2 rings (SSSR count). The SMILES string of the molecule is Nc1cc(N)cc(-c2cc(N)cs2)c1. The first-order valence-corrected chi connectivity index (χ1v) is 5.03. The van der Waals surface area contributed by atoms with Crippen LogP contribution in [0.25, 0.3) is 10.4 Å². The summed E-state index contributed by atoms with van der Waals surface area (Å²) in [6.45, 7) is 0. The van der Waals surface area contributed by atoms with Crippen LogP contribution in [0.5, 0.6) is 0 Å². The van der Waals surface area contributed by atoms with E-state index in [-0.39, 0.29) is 0 Å². The molecular formula is C10H11N3S. The second-order valence-electron chi connectivity index (χ2n) is 3.13. The van der Waals surface area contributed by atoms with Crippen molar-refractivity contribution in [2.24, 2.45) is 0 Å². The zero-order valence-electron chi connectivity index (χ0n) is 7.53. The van der Waals surface area contributed by atoms with Crippen LogP contribution in [0, 0.1) is 0 Å². The van der Waals surface area contributed by atoms with E-state index in [2.05, 4.69) is 0 Å². The summed E-state index contributed by atoms with van der Waals surface area (Å²) in [5.41, 5.74) is 20.2. The fourth-order valence-electron chi connectivity index (χ4n) is 1.32. The van der Waals surface area contributed by atoms with Crippen LogP contribution >= 0.6 is 11.3 Å². The summed E-state index contributed by atoms with van der Waals surface area (Å²) in [5, 5.41) is 1.90. The molecule has 0 radical (unpaired) electrons. The van der Waals surface area contributed by atoms with Gasteiger partial charge in [-0.15, -0.1) is 11.3 Å². The minimum Gasteiger partial charge on any atom is -0.399 e. The molecule has 6 N–H and O–H groups in total. The van der Waals surface area contributed by atoms with Crippen LogP contribution < -0.4 is 17.2 Å². The monoisotopic (exact) mass is 205 g/mol. The van der Waals surface area contributed by atoms with Crippen LogP contribution in [0.3, 0.4) is 0 Å². The van der Waals surface area contributed by atoms with Gasteiger partial charge in [-0.3, -0.25) is 0 Å². The lowest BCUT2D eigenvalue weighted by atomic mass is 10.1. The molecule has 0 spiro atoms. The van der Waals surface area contributed by atoms with Crippen LogP contribution in [0.4, 0.5) is 17.1 Å². The summed E-state index contributed by atoms with van der Waals surface area (Å²) in [7, 11) is 0. The van der Waals surface area contributed by atoms with Crippen LogP contribution in [0.1, 0.15) is 0 Å². The van der Waals surface area contributed by atoms with Crippen molar-refractivity contribution in [2.45, 2.75) is 0 Å². The molecule has 0 saturated heterocycles. The van der Waals surface area contributed by atoms with Crippen LogP contribution in [-0.4, -0.2) is 0 Å². The molecule has 14 heavy (non-hydrogen) atoms. The zero-order chi connectivity index (χ0) is 10.1. The lowest BCUT2D eigenvalue weighted by Crippen LogP contribution is -1.90. The molecule has 4 heteroatoms. The largest absolute Gasteiger partial charge is 0.399 e. The second kappa shape index (κ2) is 3.23. The maximum absolute atomic E-state index is 5.70. The molecule has 72 valence electrons. The first-order chi connectivity index (χ1) is 6.65. The van der Waals surface area contributed by atoms with Gasteiger partial charge in [-0.25, -0.2) is 0 Å². The number of nitrogen functional groups attached to an aromatic ring is 3. The first-order valence-electron chi connectivity index (χ1n) is 4.15. The molecule has 3 nitrogen and oxygen atoms in total. The Kier molecular flexibility index (Phi) is 2.05. The molecule has 0 fully saturated rings. The van der Waals surface area contributed by atoms with E-state index in [0.717, 1.165) is 16.1 Å². The fourth-order valence-corrected chi connectivity index (χ4v) is 2.11. The topological polar surface area (TPSA) is 78.1 Å². The zero-order valence-corrected chi connectivity index (χ0v) is 8.34. The second-order valence-corrected chi connectivity index (χ2v) is 4.04. The summed E-state index contributed by atoms with van der Waals surface area (Å²) < 4.78 is 0. The van der Waals surface area contributed by atoms with Gasteiger partial charge in [-0.1, -0.05) is 0 Å². The predicted octanol–water partition coefficient (Wildman–Crippen LogP) is 2.16. The number of anilines is 3. The highest BCUT2D eigenvalue weighted by atomic mass is 32.1. The van der Waals surface area contributed by atoms with Crippen molar-refractivity contribution in [3.05, 3.63) is 29.6 Å².